The van der Waals surface area contributed by atoms with E-state index in [1.165, 1.54) is 5.56 Å². The van der Waals surface area contributed by atoms with E-state index in [1.807, 2.05) is 11.6 Å². The molecule has 0 amide bonds. The average molecular weight is 295 g/mol. The Morgan fingerprint density at radius 1 is 1.29 bits per heavy atom. The fraction of sp³-hybridized carbons (Fsp3) is 0.308. The minimum absolute atomic E-state index is 0.0167. The first-order valence-electron chi connectivity index (χ1n) is 5.58. The van der Waals surface area contributed by atoms with Crippen LogP contribution in [-0.2, 0) is 20.1 Å². The Labute approximate surface area is 109 Å². The van der Waals surface area contributed by atoms with Gasteiger partial charge in [0.1, 0.15) is 10.4 Å². The molecule has 0 aliphatic carbocycles. The maximum absolute atomic E-state index is 9.25. The molecule has 2 rings (SSSR count). The Bertz CT molecular complexity index is 517. The molecule has 1 aromatic heterocycles. The van der Waals surface area contributed by atoms with Gasteiger partial charge in [0.25, 0.3) is 0 Å². The molecule has 1 aromatic carbocycles. The van der Waals surface area contributed by atoms with Crippen LogP contribution in [0.25, 0.3) is 11.4 Å². The van der Waals surface area contributed by atoms with Gasteiger partial charge in [0.15, 0.2) is 0 Å². The molecular formula is C13H15BrN2O. The number of hydrogen-bond donors (Lipinski definition) is 1. The summed E-state index contributed by atoms with van der Waals surface area (Å²) in [5.41, 5.74) is 3.16. The van der Waals surface area contributed by atoms with E-state index < -0.39 is 0 Å². The van der Waals surface area contributed by atoms with E-state index in [9.17, 15) is 5.11 Å². The maximum atomic E-state index is 9.25. The van der Waals surface area contributed by atoms with Gasteiger partial charge in [0.05, 0.1) is 12.3 Å². The number of imidazole rings is 1. The second kappa shape index (κ2) is 5.02. The van der Waals surface area contributed by atoms with Crippen LogP contribution in [0.15, 0.2) is 28.9 Å². The van der Waals surface area contributed by atoms with Crippen molar-refractivity contribution in [1.29, 1.82) is 0 Å². The van der Waals surface area contributed by atoms with Gasteiger partial charge in [0.2, 0.25) is 0 Å². The van der Waals surface area contributed by atoms with Crippen molar-refractivity contribution in [3.8, 4) is 11.4 Å². The smallest absolute Gasteiger partial charge is 0.141 e. The van der Waals surface area contributed by atoms with Gasteiger partial charge in [-0.1, -0.05) is 31.2 Å². The predicted molar refractivity (Wildman–Crippen MR) is 71.6 cm³/mol. The summed E-state index contributed by atoms with van der Waals surface area (Å²) in [4.78, 5) is 4.43. The molecule has 0 radical (unpaired) electrons. The number of benzene rings is 1. The Morgan fingerprint density at radius 3 is 2.41 bits per heavy atom. The fourth-order valence-corrected chi connectivity index (χ4v) is 2.38. The zero-order valence-electron chi connectivity index (χ0n) is 9.94. The summed E-state index contributed by atoms with van der Waals surface area (Å²) < 4.78 is 2.61. The molecule has 0 bridgehead atoms. The fourth-order valence-electron chi connectivity index (χ4n) is 1.82. The van der Waals surface area contributed by atoms with E-state index in [1.54, 1.807) is 0 Å². The van der Waals surface area contributed by atoms with Crippen LogP contribution < -0.4 is 0 Å². The Balaban J connectivity index is 2.45. The molecule has 0 aliphatic rings. The number of aromatic nitrogens is 2. The molecule has 0 atom stereocenters. The van der Waals surface area contributed by atoms with Crippen molar-refractivity contribution in [3.05, 3.63) is 40.1 Å². The lowest BCUT2D eigenvalue weighted by atomic mass is 10.1. The molecule has 3 nitrogen and oxygen atoms in total. The van der Waals surface area contributed by atoms with Gasteiger partial charge in [-0.2, -0.15) is 0 Å². The summed E-state index contributed by atoms with van der Waals surface area (Å²) in [6, 6.07) is 8.34. The predicted octanol–water partition coefficient (Wildman–Crippen LogP) is 2.90. The molecule has 2 aromatic rings. The van der Waals surface area contributed by atoms with E-state index in [2.05, 4.69) is 52.1 Å². The van der Waals surface area contributed by atoms with Gasteiger partial charge < -0.3 is 9.67 Å². The minimum atomic E-state index is -0.0167. The maximum Gasteiger partial charge on any atom is 0.141 e. The van der Waals surface area contributed by atoms with Crippen molar-refractivity contribution in [2.75, 3.05) is 0 Å². The highest BCUT2D eigenvalue weighted by Crippen LogP contribution is 2.25. The van der Waals surface area contributed by atoms with Crippen molar-refractivity contribution in [2.24, 2.45) is 7.05 Å². The van der Waals surface area contributed by atoms with Crippen molar-refractivity contribution in [3.63, 3.8) is 0 Å². The van der Waals surface area contributed by atoms with Gasteiger partial charge in [0, 0.05) is 12.6 Å². The molecule has 90 valence electrons. The van der Waals surface area contributed by atoms with Crippen LogP contribution in [0.3, 0.4) is 0 Å². The monoisotopic (exact) mass is 294 g/mol. The zero-order chi connectivity index (χ0) is 12.4. The molecular weight excluding hydrogens is 280 g/mol. The van der Waals surface area contributed by atoms with Crippen LogP contribution in [0.2, 0.25) is 0 Å². The summed E-state index contributed by atoms with van der Waals surface area (Å²) in [7, 11) is 1.91. The molecule has 0 spiro atoms. The zero-order valence-corrected chi connectivity index (χ0v) is 11.5. The van der Waals surface area contributed by atoms with Crippen LogP contribution in [0, 0.1) is 0 Å². The molecule has 1 N–H and O–H groups in total. The lowest BCUT2D eigenvalue weighted by molar-refractivity contribution is 0.272. The third-order valence-electron chi connectivity index (χ3n) is 2.93. The molecule has 0 saturated heterocycles. The quantitative estimate of drug-likeness (QED) is 0.945. The molecule has 0 fully saturated rings. The normalized spacial score (nSPS) is 10.8. The van der Waals surface area contributed by atoms with E-state index in [0.29, 0.717) is 4.60 Å². The summed E-state index contributed by atoms with van der Waals surface area (Å²) in [5, 5.41) is 9.25. The summed E-state index contributed by atoms with van der Waals surface area (Å²) in [6.45, 7) is 2.12. The van der Waals surface area contributed by atoms with Gasteiger partial charge in [-0.05, 0) is 27.9 Å². The number of halogens is 1. The minimum Gasteiger partial charge on any atom is -0.390 e. The van der Waals surface area contributed by atoms with Crippen LogP contribution in [-0.4, -0.2) is 14.7 Å². The summed E-state index contributed by atoms with van der Waals surface area (Å²) >= 11 is 3.36. The van der Waals surface area contributed by atoms with Gasteiger partial charge in [-0.15, -0.1) is 0 Å². The second-order valence-electron chi connectivity index (χ2n) is 3.94. The van der Waals surface area contributed by atoms with Crippen molar-refractivity contribution in [2.45, 2.75) is 20.0 Å². The summed E-state index contributed by atoms with van der Waals surface area (Å²) in [6.07, 6.45) is 1.03. The highest BCUT2D eigenvalue weighted by molar-refractivity contribution is 9.10. The number of aliphatic hydroxyl groups is 1. The third kappa shape index (κ3) is 2.28. The first kappa shape index (κ1) is 12.3. The van der Waals surface area contributed by atoms with Gasteiger partial charge in [-0.25, -0.2) is 4.98 Å². The van der Waals surface area contributed by atoms with Crippen molar-refractivity contribution >= 4 is 15.9 Å². The van der Waals surface area contributed by atoms with E-state index in [4.69, 9.17) is 0 Å². The largest absolute Gasteiger partial charge is 0.390 e. The Morgan fingerprint density at radius 2 is 1.94 bits per heavy atom. The lowest BCUT2D eigenvalue weighted by Crippen LogP contribution is -1.98. The Kier molecular flexibility index (Phi) is 3.64. The number of rotatable bonds is 3. The van der Waals surface area contributed by atoms with Crippen molar-refractivity contribution in [1.82, 2.24) is 9.55 Å². The lowest BCUT2D eigenvalue weighted by Gasteiger charge is -2.05. The molecule has 0 aliphatic heterocycles. The summed E-state index contributed by atoms with van der Waals surface area (Å²) in [5.74, 6) is 0.864. The number of aliphatic hydroxyl groups excluding tert-OH is 1. The highest BCUT2D eigenvalue weighted by atomic mass is 79.9. The number of aryl methyl sites for hydroxylation is 1. The highest BCUT2D eigenvalue weighted by Gasteiger charge is 2.12. The van der Waals surface area contributed by atoms with Crippen LogP contribution in [0.5, 0.6) is 0 Å². The molecule has 0 saturated carbocycles. The third-order valence-corrected chi connectivity index (χ3v) is 3.57. The molecule has 17 heavy (non-hydrogen) atoms. The van der Waals surface area contributed by atoms with E-state index in [-0.39, 0.29) is 6.61 Å². The number of hydrogen-bond acceptors (Lipinski definition) is 2. The SMILES string of the molecule is CCc1ccc(-c2nc(Br)c(CO)n2C)cc1. The van der Waals surface area contributed by atoms with Crippen LogP contribution in [0.1, 0.15) is 18.2 Å². The number of nitrogens with zero attached hydrogens (tertiary/aromatic N) is 2. The van der Waals surface area contributed by atoms with Crippen LogP contribution >= 0.6 is 15.9 Å². The van der Waals surface area contributed by atoms with Gasteiger partial charge >= 0.3 is 0 Å². The van der Waals surface area contributed by atoms with E-state index >= 15 is 0 Å². The topological polar surface area (TPSA) is 38.1 Å². The average Bonchev–Trinajstić information content (AvgIpc) is 2.64. The van der Waals surface area contributed by atoms with Crippen molar-refractivity contribution < 1.29 is 5.11 Å². The molecule has 0 unspecified atom stereocenters. The molecule has 1 heterocycles. The second-order valence-corrected chi connectivity index (χ2v) is 4.69. The van der Waals surface area contributed by atoms with E-state index in [0.717, 1.165) is 23.5 Å². The molecule has 4 heteroatoms. The van der Waals surface area contributed by atoms with Gasteiger partial charge in [-0.3, -0.25) is 0 Å². The standard InChI is InChI=1S/C13H15BrN2O/c1-3-9-4-6-10(7-5-9)13-15-12(14)11(8-17)16(13)2/h4-7,17H,3,8H2,1-2H3. The first-order valence-corrected chi connectivity index (χ1v) is 6.38. The first-order chi connectivity index (χ1) is 8.17. The van der Waals surface area contributed by atoms with Crippen LogP contribution in [0.4, 0.5) is 0 Å². The Hall–Kier alpha value is -1.13.